The molecule has 0 aromatic rings. The van der Waals surface area contributed by atoms with Gasteiger partial charge in [-0.05, 0) is 40.5 Å². The first-order valence-corrected chi connectivity index (χ1v) is 6.90. The quantitative estimate of drug-likeness (QED) is 0.689. The molecule has 1 saturated carbocycles. The van der Waals surface area contributed by atoms with Crippen LogP contribution < -0.4 is 0 Å². The smallest absolute Gasteiger partial charge is 0.0602 e. The Morgan fingerprint density at radius 1 is 1.24 bits per heavy atom. The van der Waals surface area contributed by atoms with Crippen molar-refractivity contribution in [1.82, 2.24) is 4.90 Å². The van der Waals surface area contributed by atoms with Crippen LogP contribution in [0.2, 0.25) is 0 Å². The third-order valence-electron chi connectivity index (χ3n) is 3.72. The monoisotopic (exact) mass is 241 g/mol. The third-order valence-corrected chi connectivity index (χ3v) is 3.72. The molecule has 2 aliphatic rings. The van der Waals surface area contributed by atoms with Gasteiger partial charge in [-0.3, -0.25) is 4.90 Å². The molecule has 100 valence electrons. The van der Waals surface area contributed by atoms with Gasteiger partial charge in [0.25, 0.3) is 0 Å². The summed E-state index contributed by atoms with van der Waals surface area (Å²) in [6, 6.07) is 0. The Bertz CT molecular complexity index is 245. The maximum Gasteiger partial charge on any atom is 0.0602 e. The van der Waals surface area contributed by atoms with Gasteiger partial charge in [0.1, 0.15) is 0 Å². The van der Waals surface area contributed by atoms with Crippen LogP contribution in [0.5, 0.6) is 0 Å². The van der Waals surface area contributed by atoms with Gasteiger partial charge in [0.2, 0.25) is 0 Å². The van der Waals surface area contributed by atoms with E-state index < -0.39 is 0 Å². The second kappa shape index (κ2) is 4.87. The van der Waals surface area contributed by atoms with E-state index in [0.717, 1.165) is 19.8 Å². The largest absolute Gasteiger partial charge is 0.380 e. The van der Waals surface area contributed by atoms with Crippen LogP contribution in [0.25, 0.3) is 0 Å². The van der Waals surface area contributed by atoms with Crippen molar-refractivity contribution in [2.75, 3.05) is 32.8 Å². The van der Waals surface area contributed by atoms with Crippen molar-refractivity contribution in [3.63, 3.8) is 0 Å². The van der Waals surface area contributed by atoms with Gasteiger partial charge in [0.05, 0.1) is 18.3 Å². The molecule has 2 rings (SSSR count). The van der Waals surface area contributed by atoms with E-state index in [9.17, 15) is 0 Å². The summed E-state index contributed by atoms with van der Waals surface area (Å²) in [5.41, 5.74) is 0.618. The molecule has 0 N–H and O–H groups in total. The van der Waals surface area contributed by atoms with Crippen LogP contribution >= 0.6 is 0 Å². The van der Waals surface area contributed by atoms with E-state index in [4.69, 9.17) is 9.47 Å². The molecule has 0 bridgehead atoms. The Morgan fingerprint density at radius 2 is 1.88 bits per heavy atom. The second-order valence-electron chi connectivity index (χ2n) is 6.67. The van der Waals surface area contributed by atoms with Gasteiger partial charge in [-0.1, -0.05) is 0 Å². The van der Waals surface area contributed by atoms with Crippen LogP contribution in [0, 0.1) is 5.41 Å². The minimum Gasteiger partial charge on any atom is -0.380 e. The van der Waals surface area contributed by atoms with Crippen LogP contribution in [0.15, 0.2) is 0 Å². The maximum absolute atomic E-state index is 6.00. The predicted molar refractivity (Wildman–Crippen MR) is 69.2 cm³/mol. The van der Waals surface area contributed by atoms with Gasteiger partial charge in [-0.25, -0.2) is 0 Å². The second-order valence-corrected chi connectivity index (χ2v) is 6.67. The van der Waals surface area contributed by atoms with Crippen molar-refractivity contribution < 1.29 is 9.47 Å². The Balaban J connectivity index is 1.59. The molecule has 1 saturated heterocycles. The predicted octanol–water partition coefficient (Wildman–Crippen LogP) is 2.30. The van der Waals surface area contributed by atoms with Crippen LogP contribution in [0.4, 0.5) is 0 Å². The average molecular weight is 241 g/mol. The first kappa shape index (κ1) is 13.3. The Labute approximate surface area is 105 Å². The van der Waals surface area contributed by atoms with E-state index in [1.807, 2.05) is 0 Å². The molecule has 0 amide bonds. The number of hydrogen-bond acceptors (Lipinski definition) is 3. The molecule has 0 aromatic carbocycles. The zero-order valence-corrected chi connectivity index (χ0v) is 11.8. The Hall–Kier alpha value is -0.120. The highest BCUT2D eigenvalue weighted by molar-refractivity contribution is 5.05. The van der Waals surface area contributed by atoms with Gasteiger partial charge in [0.15, 0.2) is 0 Å². The van der Waals surface area contributed by atoms with Crippen molar-refractivity contribution in [3.8, 4) is 0 Å². The summed E-state index contributed by atoms with van der Waals surface area (Å²) in [7, 11) is 0. The van der Waals surface area contributed by atoms with E-state index in [1.165, 1.54) is 25.9 Å². The molecular formula is C14H27NO2. The van der Waals surface area contributed by atoms with Crippen molar-refractivity contribution in [1.29, 1.82) is 0 Å². The maximum atomic E-state index is 6.00. The summed E-state index contributed by atoms with van der Waals surface area (Å²) >= 11 is 0. The van der Waals surface area contributed by atoms with Crippen molar-refractivity contribution in [3.05, 3.63) is 0 Å². The lowest BCUT2D eigenvalue weighted by molar-refractivity contribution is -0.187. The normalized spacial score (nSPS) is 24.7. The minimum absolute atomic E-state index is 0.0185. The average Bonchev–Trinajstić information content (AvgIpc) is 2.08. The number of hydrogen-bond donors (Lipinski definition) is 0. The highest BCUT2D eigenvalue weighted by Gasteiger charge is 2.53. The first-order chi connectivity index (χ1) is 7.92. The molecule has 1 heterocycles. The van der Waals surface area contributed by atoms with Crippen LogP contribution in [0.3, 0.4) is 0 Å². The van der Waals surface area contributed by atoms with Gasteiger partial charge < -0.3 is 9.47 Å². The molecule has 3 nitrogen and oxygen atoms in total. The van der Waals surface area contributed by atoms with E-state index in [2.05, 4.69) is 32.6 Å². The summed E-state index contributed by atoms with van der Waals surface area (Å²) in [5.74, 6) is 0. The Kier molecular flexibility index (Phi) is 3.81. The summed E-state index contributed by atoms with van der Waals surface area (Å²) in [6.45, 7) is 13.8. The molecule has 2 fully saturated rings. The number of rotatable bonds is 5. The lowest BCUT2D eigenvalue weighted by Crippen LogP contribution is -2.64. The molecule has 1 aliphatic heterocycles. The van der Waals surface area contributed by atoms with Crippen LogP contribution in [0.1, 0.15) is 40.5 Å². The summed E-state index contributed by atoms with van der Waals surface area (Å²) in [5, 5.41) is 0. The van der Waals surface area contributed by atoms with Crippen molar-refractivity contribution in [2.45, 2.75) is 52.2 Å². The zero-order chi connectivity index (χ0) is 12.5. The molecular weight excluding hydrogens is 214 g/mol. The minimum atomic E-state index is 0.0185. The summed E-state index contributed by atoms with van der Waals surface area (Å²) in [4.78, 5) is 2.50. The van der Waals surface area contributed by atoms with Crippen molar-refractivity contribution in [2.24, 2.45) is 5.41 Å². The van der Waals surface area contributed by atoms with Crippen LogP contribution in [-0.4, -0.2) is 49.5 Å². The van der Waals surface area contributed by atoms with Gasteiger partial charge >= 0.3 is 0 Å². The number of nitrogens with zero attached hydrogens (tertiary/aromatic N) is 1. The first-order valence-electron chi connectivity index (χ1n) is 6.90. The molecule has 1 aliphatic carbocycles. The lowest BCUT2D eigenvalue weighted by atomic mass is 9.61. The highest BCUT2D eigenvalue weighted by atomic mass is 16.5. The molecule has 0 radical (unpaired) electrons. The summed E-state index contributed by atoms with van der Waals surface area (Å²) in [6.07, 6.45) is 3.02. The molecule has 3 heteroatoms. The Morgan fingerprint density at radius 3 is 2.41 bits per heavy atom. The molecule has 0 atom stereocenters. The standard InChI is InChI=1S/C14H27NO2/c1-5-16-7-6-15-10-14(11-15)8-12(9-14)17-13(2,3)4/h12H,5-11H2,1-4H3. The highest BCUT2D eigenvalue weighted by Crippen LogP contribution is 2.50. The molecule has 0 aromatic heterocycles. The summed E-state index contributed by atoms with van der Waals surface area (Å²) < 4.78 is 11.4. The zero-order valence-electron chi connectivity index (χ0n) is 11.8. The topological polar surface area (TPSA) is 21.7 Å². The van der Waals surface area contributed by atoms with Gasteiger partial charge in [0, 0.05) is 31.7 Å². The fraction of sp³-hybridized carbons (Fsp3) is 1.00. The van der Waals surface area contributed by atoms with E-state index >= 15 is 0 Å². The van der Waals surface area contributed by atoms with Crippen molar-refractivity contribution >= 4 is 0 Å². The molecule has 0 unspecified atom stereocenters. The fourth-order valence-electron chi connectivity index (χ4n) is 3.15. The number of ether oxygens (including phenoxy) is 2. The fourth-order valence-corrected chi connectivity index (χ4v) is 3.15. The van der Waals surface area contributed by atoms with Gasteiger partial charge in [-0.2, -0.15) is 0 Å². The van der Waals surface area contributed by atoms with E-state index in [-0.39, 0.29) is 5.60 Å². The molecule has 17 heavy (non-hydrogen) atoms. The van der Waals surface area contributed by atoms with E-state index in [1.54, 1.807) is 0 Å². The number of likely N-dealkylation sites (tertiary alicyclic amines) is 1. The lowest BCUT2D eigenvalue weighted by Gasteiger charge is -2.59. The molecule has 1 spiro atoms. The SMILES string of the molecule is CCOCCN1CC2(CC(OC(C)(C)C)C2)C1. The van der Waals surface area contributed by atoms with Gasteiger partial charge in [-0.15, -0.1) is 0 Å². The van der Waals surface area contributed by atoms with Crippen LogP contribution in [-0.2, 0) is 9.47 Å². The van der Waals surface area contributed by atoms with E-state index in [0.29, 0.717) is 11.5 Å². The third kappa shape index (κ3) is 3.43.